The molecule has 1 aromatic rings. The largest absolute Gasteiger partial charge is 0.388 e. The quantitative estimate of drug-likeness (QED) is 0.895. The van der Waals surface area contributed by atoms with Crippen LogP contribution in [0.25, 0.3) is 0 Å². The topological polar surface area (TPSA) is 29.5 Å². The van der Waals surface area contributed by atoms with E-state index in [4.69, 9.17) is 4.74 Å². The highest BCUT2D eigenvalue weighted by Crippen LogP contribution is 2.28. The zero-order valence-electron chi connectivity index (χ0n) is 10.0. The summed E-state index contributed by atoms with van der Waals surface area (Å²) in [5, 5.41) is 10.1. The van der Waals surface area contributed by atoms with Crippen molar-refractivity contribution in [1.29, 1.82) is 0 Å². The van der Waals surface area contributed by atoms with Crippen LogP contribution in [0, 0.1) is 0 Å². The molecule has 3 heteroatoms. The van der Waals surface area contributed by atoms with Gasteiger partial charge in [-0.3, -0.25) is 0 Å². The van der Waals surface area contributed by atoms with E-state index in [1.807, 2.05) is 38.1 Å². The van der Waals surface area contributed by atoms with Crippen LogP contribution in [0.4, 0.5) is 0 Å². The van der Waals surface area contributed by atoms with E-state index in [9.17, 15) is 5.11 Å². The summed E-state index contributed by atoms with van der Waals surface area (Å²) in [6, 6.07) is 7.76. The number of benzene rings is 1. The number of rotatable bonds is 5. The van der Waals surface area contributed by atoms with Crippen LogP contribution in [-0.4, -0.2) is 17.8 Å². The van der Waals surface area contributed by atoms with Gasteiger partial charge in [-0.2, -0.15) is 0 Å². The van der Waals surface area contributed by atoms with Crippen molar-refractivity contribution >= 4 is 15.9 Å². The first-order chi connectivity index (χ1) is 7.46. The minimum Gasteiger partial charge on any atom is -0.388 e. The van der Waals surface area contributed by atoms with Gasteiger partial charge in [-0.25, -0.2) is 0 Å². The SMILES string of the molecule is COC(C)(C)CCC(O)c1ccccc1Br. The highest BCUT2D eigenvalue weighted by molar-refractivity contribution is 9.10. The third kappa shape index (κ3) is 3.89. The Morgan fingerprint density at radius 2 is 2.00 bits per heavy atom. The minimum atomic E-state index is -0.440. The zero-order chi connectivity index (χ0) is 12.2. The molecular weight excluding hydrogens is 268 g/mol. The molecule has 1 atom stereocenters. The van der Waals surface area contributed by atoms with Crippen LogP contribution in [0.15, 0.2) is 28.7 Å². The summed E-state index contributed by atoms with van der Waals surface area (Å²) in [4.78, 5) is 0. The first-order valence-corrected chi connectivity index (χ1v) is 6.23. The normalized spacial score (nSPS) is 13.8. The molecule has 0 saturated heterocycles. The number of ether oxygens (including phenoxy) is 1. The standard InChI is InChI=1S/C13H19BrO2/c1-13(2,16-3)9-8-12(15)10-6-4-5-7-11(10)14/h4-7,12,15H,8-9H2,1-3H3. The third-order valence-corrected chi connectivity index (χ3v) is 3.56. The van der Waals surface area contributed by atoms with E-state index < -0.39 is 6.10 Å². The van der Waals surface area contributed by atoms with Crippen LogP contribution in [0.3, 0.4) is 0 Å². The van der Waals surface area contributed by atoms with Gasteiger partial charge in [0.15, 0.2) is 0 Å². The van der Waals surface area contributed by atoms with Crippen LogP contribution in [0.5, 0.6) is 0 Å². The van der Waals surface area contributed by atoms with Crippen molar-refractivity contribution < 1.29 is 9.84 Å². The summed E-state index contributed by atoms with van der Waals surface area (Å²) in [7, 11) is 1.70. The fourth-order valence-corrected chi connectivity index (χ4v) is 2.04. The lowest BCUT2D eigenvalue weighted by Crippen LogP contribution is -2.23. The van der Waals surface area contributed by atoms with Gasteiger partial charge in [0.25, 0.3) is 0 Å². The minimum absolute atomic E-state index is 0.178. The fraction of sp³-hybridized carbons (Fsp3) is 0.538. The van der Waals surface area contributed by atoms with Gasteiger partial charge in [-0.1, -0.05) is 34.1 Å². The molecule has 1 N–H and O–H groups in total. The molecule has 0 amide bonds. The van der Waals surface area contributed by atoms with Crippen molar-refractivity contribution in [3.8, 4) is 0 Å². The number of hydrogen-bond donors (Lipinski definition) is 1. The number of hydrogen-bond acceptors (Lipinski definition) is 2. The molecule has 0 radical (unpaired) electrons. The molecule has 0 spiro atoms. The van der Waals surface area contributed by atoms with Gasteiger partial charge in [0, 0.05) is 11.6 Å². The lowest BCUT2D eigenvalue weighted by molar-refractivity contribution is 0.00273. The van der Waals surface area contributed by atoms with Gasteiger partial charge in [0.05, 0.1) is 11.7 Å². The van der Waals surface area contributed by atoms with E-state index in [1.165, 1.54) is 0 Å². The van der Waals surface area contributed by atoms with E-state index >= 15 is 0 Å². The Morgan fingerprint density at radius 3 is 2.56 bits per heavy atom. The molecule has 1 rings (SSSR count). The summed E-state index contributed by atoms with van der Waals surface area (Å²) < 4.78 is 6.29. The Balaban J connectivity index is 2.60. The molecule has 0 heterocycles. The van der Waals surface area contributed by atoms with E-state index in [0.29, 0.717) is 6.42 Å². The first-order valence-electron chi connectivity index (χ1n) is 5.44. The predicted molar refractivity (Wildman–Crippen MR) is 69.4 cm³/mol. The van der Waals surface area contributed by atoms with E-state index in [1.54, 1.807) is 7.11 Å². The highest BCUT2D eigenvalue weighted by atomic mass is 79.9. The van der Waals surface area contributed by atoms with Gasteiger partial charge in [0.2, 0.25) is 0 Å². The van der Waals surface area contributed by atoms with Crippen molar-refractivity contribution in [2.75, 3.05) is 7.11 Å². The average molecular weight is 287 g/mol. The van der Waals surface area contributed by atoms with E-state index in [-0.39, 0.29) is 5.60 Å². The lowest BCUT2D eigenvalue weighted by atomic mass is 9.97. The van der Waals surface area contributed by atoms with Gasteiger partial charge >= 0.3 is 0 Å². The number of halogens is 1. The number of methoxy groups -OCH3 is 1. The van der Waals surface area contributed by atoms with Crippen molar-refractivity contribution in [2.24, 2.45) is 0 Å². The van der Waals surface area contributed by atoms with Crippen LogP contribution in [-0.2, 0) is 4.74 Å². The van der Waals surface area contributed by atoms with Gasteiger partial charge in [0.1, 0.15) is 0 Å². The van der Waals surface area contributed by atoms with Gasteiger partial charge < -0.3 is 9.84 Å². The molecule has 0 bridgehead atoms. The Kier molecular flexibility index (Phi) is 4.96. The molecule has 2 nitrogen and oxygen atoms in total. The van der Waals surface area contributed by atoms with Crippen LogP contribution in [0.2, 0.25) is 0 Å². The molecule has 0 aliphatic carbocycles. The van der Waals surface area contributed by atoms with Crippen molar-refractivity contribution in [2.45, 2.75) is 38.4 Å². The monoisotopic (exact) mass is 286 g/mol. The maximum atomic E-state index is 10.1. The molecule has 1 aromatic carbocycles. The molecule has 0 aromatic heterocycles. The van der Waals surface area contributed by atoms with Crippen molar-refractivity contribution in [1.82, 2.24) is 0 Å². The Labute approximate surface area is 106 Å². The summed E-state index contributed by atoms with van der Waals surface area (Å²) >= 11 is 3.44. The van der Waals surface area contributed by atoms with E-state index in [2.05, 4.69) is 15.9 Å². The van der Waals surface area contributed by atoms with Crippen LogP contribution < -0.4 is 0 Å². The van der Waals surface area contributed by atoms with Gasteiger partial charge in [-0.05, 0) is 38.3 Å². The Bertz CT molecular complexity index is 336. The van der Waals surface area contributed by atoms with Crippen LogP contribution >= 0.6 is 15.9 Å². The molecule has 0 aliphatic heterocycles. The zero-order valence-corrected chi connectivity index (χ0v) is 11.6. The average Bonchev–Trinajstić information content (AvgIpc) is 2.27. The second-order valence-corrected chi connectivity index (χ2v) is 5.39. The lowest BCUT2D eigenvalue weighted by Gasteiger charge is -2.24. The summed E-state index contributed by atoms with van der Waals surface area (Å²) in [6.45, 7) is 4.06. The first kappa shape index (κ1) is 13.7. The molecule has 0 aliphatic rings. The summed E-state index contributed by atoms with van der Waals surface area (Å²) in [5.74, 6) is 0. The predicted octanol–water partition coefficient (Wildman–Crippen LogP) is 3.69. The smallest absolute Gasteiger partial charge is 0.0802 e. The number of aliphatic hydroxyl groups is 1. The fourth-order valence-electron chi connectivity index (χ4n) is 1.49. The molecule has 0 saturated carbocycles. The Morgan fingerprint density at radius 1 is 1.38 bits per heavy atom. The second-order valence-electron chi connectivity index (χ2n) is 4.54. The summed E-state index contributed by atoms with van der Waals surface area (Å²) in [6.07, 6.45) is 1.08. The molecule has 0 fully saturated rings. The second kappa shape index (κ2) is 5.80. The molecule has 1 unspecified atom stereocenters. The van der Waals surface area contributed by atoms with E-state index in [0.717, 1.165) is 16.5 Å². The third-order valence-electron chi connectivity index (χ3n) is 2.84. The highest BCUT2D eigenvalue weighted by Gasteiger charge is 2.19. The summed E-state index contributed by atoms with van der Waals surface area (Å²) in [5.41, 5.74) is 0.761. The molecular formula is C13H19BrO2. The number of aliphatic hydroxyl groups excluding tert-OH is 1. The maximum Gasteiger partial charge on any atom is 0.0802 e. The maximum absolute atomic E-state index is 10.1. The van der Waals surface area contributed by atoms with Crippen molar-refractivity contribution in [3.05, 3.63) is 34.3 Å². The molecule has 16 heavy (non-hydrogen) atoms. The Hall–Kier alpha value is -0.380. The van der Waals surface area contributed by atoms with Crippen LogP contribution in [0.1, 0.15) is 38.4 Å². The molecule has 90 valence electrons. The van der Waals surface area contributed by atoms with Gasteiger partial charge in [-0.15, -0.1) is 0 Å². The van der Waals surface area contributed by atoms with Crippen molar-refractivity contribution in [3.63, 3.8) is 0 Å².